The monoisotopic (exact) mass is 720 g/mol. The fourth-order valence-electron chi connectivity index (χ4n) is 11.4. The van der Waals surface area contributed by atoms with E-state index in [9.17, 15) is 9.46 Å². The highest BCUT2D eigenvalue weighted by atomic mass is 31.2. The van der Waals surface area contributed by atoms with Crippen LogP contribution < -0.4 is 5.73 Å². The van der Waals surface area contributed by atoms with Gasteiger partial charge in [-0.2, -0.15) is 0 Å². The van der Waals surface area contributed by atoms with Crippen LogP contribution in [0.5, 0.6) is 0 Å². The molecular weight excluding hydrogens is 659 g/mol. The first kappa shape index (κ1) is 37.0. The smallest absolute Gasteiger partial charge is 0.382 e. The fraction of sp³-hybridized carbons (Fsp3) is 0.707. The first-order valence-electron chi connectivity index (χ1n) is 19.8. The van der Waals surface area contributed by atoms with Crippen molar-refractivity contribution in [3.63, 3.8) is 0 Å². The number of fused-ring (bicyclic) bond motifs is 8. The Balaban J connectivity index is 0.877. The number of nitrogens with zero attached hydrogens (tertiary/aromatic N) is 3. The number of pyridine rings is 1. The van der Waals surface area contributed by atoms with Crippen LogP contribution in [0.4, 0.5) is 5.82 Å². The molecule has 0 bridgehead atoms. The number of nitrogen functional groups attached to an aromatic ring is 1. The number of phosphoric ester groups is 1. The molecule has 3 aromatic rings. The summed E-state index contributed by atoms with van der Waals surface area (Å²) in [5, 5.41) is 0.910. The minimum absolute atomic E-state index is 0.00343. The van der Waals surface area contributed by atoms with E-state index in [2.05, 4.69) is 50.7 Å². The molecule has 0 amide bonds. The summed E-state index contributed by atoms with van der Waals surface area (Å²) in [6, 6.07) is 7.70. The third-order valence-electron chi connectivity index (χ3n) is 14.0. The van der Waals surface area contributed by atoms with E-state index in [4.69, 9.17) is 19.5 Å². The number of rotatable bonds is 14. The van der Waals surface area contributed by atoms with E-state index < -0.39 is 7.82 Å². The number of nitrogens with two attached hydrogens (primary N) is 1. The number of phosphoric acid groups is 1. The predicted molar refractivity (Wildman–Crippen MR) is 204 cm³/mol. The number of allylic oxidation sites excluding steroid dienone is 1. The van der Waals surface area contributed by atoms with Crippen LogP contribution in [-0.2, 0) is 24.9 Å². The highest BCUT2D eigenvalue weighted by Crippen LogP contribution is 2.67. The zero-order valence-corrected chi connectivity index (χ0v) is 32.5. The molecule has 51 heavy (non-hydrogen) atoms. The first-order valence-corrected chi connectivity index (χ1v) is 21.3. The van der Waals surface area contributed by atoms with Crippen LogP contribution in [0.3, 0.4) is 0 Å². The molecule has 10 heteroatoms. The summed E-state index contributed by atoms with van der Waals surface area (Å²) in [7, 11) is -4.25. The Morgan fingerprint density at radius 1 is 1.02 bits per heavy atom. The van der Waals surface area contributed by atoms with Crippen molar-refractivity contribution in [1.29, 1.82) is 0 Å². The predicted octanol–water partition coefficient (Wildman–Crippen LogP) is 9.73. The van der Waals surface area contributed by atoms with Gasteiger partial charge in [-0.1, -0.05) is 83.7 Å². The molecule has 0 saturated heterocycles. The van der Waals surface area contributed by atoms with Gasteiger partial charge in [0, 0.05) is 11.9 Å². The number of hydrogen-bond donors (Lipinski definition) is 2. The van der Waals surface area contributed by atoms with Gasteiger partial charge < -0.3 is 19.9 Å². The number of benzene rings is 1. The largest absolute Gasteiger partial charge is 0.472 e. The summed E-state index contributed by atoms with van der Waals surface area (Å²) in [5.74, 6) is 5.34. The zero-order chi connectivity index (χ0) is 36.0. The van der Waals surface area contributed by atoms with Crippen LogP contribution in [0, 0.1) is 46.3 Å². The standard InChI is InChI=1S/C41H61N4O5P/c1-27(2)9-8-10-28(3)33-15-16-34-31-14-13-29-25-30(17-19-40(29,4)35(31)18-20-41(33,34)5)48-23-24-50-51(46,47)49-22-21-45-26-43-37-38(45)32-11-6-7-12-36(32)44-39(37)42/h6-7,11-13,26-28,30-31,33-35H,8-10,14-25H2,1-5H3,(H2,42,44)(H,46,47)/t28-,30+,31+,33-,34+,35+,40+,41-/m1/s1. The Morgan fingerprint density at radius 3 is 2.65 bits per heavy atom. The van der Waals surface area contributed by atoms with Crippen LogP contribution >= 0.6 is 7.82 Å². The van der Waals surface area contributed by atoms with Gasteiger partial charge in [0.2, 0.25) is 0 Å². The summed E-state index contributed by atoms with van der Waals surface area (Å²) < 4.78 is 31.5. The van der Waals surface area contributed by atoms with Crippen molar-refractivity contribution in [2.24, 2.45) is 46.3 Å². The molecule has 4 aliphatic rings. The summed E-state index contributed by atoms with van der Waals surface area (Å²) in [5.41, 5.74) is 10.7. The lowest BCUT2D eigenvalue weighted by atomic mass is 9.47. The molecule has 7 rings (SSSR count). The van der Waals surface area contributed by atoms with Gasteiger partial charge >= 0.3 is 7.82 Å². The summed E-state index contributed by atoms with van der Waals surface area (Å²) in [6.45, 7) is 13.1. The van der Waals surface area contributed by atoms with E-state index in [0.717, 1.165) is 71.2 Å². The van der Waals surface area contributed by atoms with Crippen LogP contribution in [0.15, 0.2) is 42.2 Å². The second kappa shape index (κ2) is 14.9. The lowest BCUT2D eigenvalue weighted by Gasteiger charge is -2.58. The van der Waals surface area contributed by atoms with Gasteiger partial charge in [-0.3, -0.25) is 9.05 Å². The molecule has 2 aromatic heterocycles. The van der Waals surface area contributed by atoms with Crippen molar-refractivity contribution < 1.29 is 23.2 Å². The maximum atomic E-state index is 12.7. The summed E-state index contributed by atoms with van der Waals surface area (Å²) >= 11 is 0. The Bertz CT molecular complexity index is 1780. The van der Waals surface area contributed by atoms with Crippen LogP contribution in [0.1, 0.15) is 105 Å². The maximum absolute atomic E-state index is 12.7. The van der Waals surface area contributed by atoms with Gasteiger partial charge in [0.25, 0.3) is 0 Å². The molecule has 2 heterocycles. The van der Waals surface area contributed by atoms with Gasteiger partial charge in [-0.05, 0) is 104 Å². The Kier molecular flexibility index (Phi) is 10.8. The fourth-order valence-corrected chi connectivity index (χ4v) is 12.1. The third-order valence-corrected chi connectivity index (χ3v) is 15.0. The molecule has 280 valence electrons. The molecular formula is C41H61N4O5P. The van der Waals surface area contributed by atoms with Crippen LogP contribution in [-0.4, -0.2) is 45.4 Å². The summed E-state index contributed by atoms with van der Waals surface area (Å²) in [4.78, 5) is 19.2. The van der Waals surface area contributed by atoms with Crippen LogP contribution in [0.2, 0.25) is 0 Å². The molecule has 0 radical (unpaired) electrons. The Labute approximate surface area is 304 Å². The van der Waals surface area contributed by atoms with Crippen molar-refractivity contribution >= 4 is 35.6 Å². The quantitative estimate of drug-likeness (QED) is 0.0959. The Morgan fingerprint density at radius 2 is 1.82 bits per heavy atom. The van der Waals surface area contributed by atoms with Crippen molar-refractivity contribution in [2.75, 3.05) is 25.6 Å². The highest BCUT2D eigenvalue weighted by molar-refractivity contribution is 7.47. The molecule has 1 aromatic carbocycles. The summed E-state index contributed by atoms with van der Waals surface area (Å²) in [6.07, 6.45) is 18.5. The number of para-hydroxylation sites is 1. The maximum Gasteiger partial charge on any atom is 0.472 e. The molecule has 9 nitrogen and oxygen atoms in total. The van der Waals surface area contributed by atoms with Gasteiger partial charge in [0.05, 0.1) is 43.3 Å². The number of aromatic nitrogens is 3. The number of hydrogen-bond acceptors (Lipinski definition) is 7. The molecule has 0 aliphatic heterocycles. The van der Waals surface area contributed by atoms with Gasteiger partial charge in [0.15, 0.2) is 5.82 Å². The van der Waals surface area contributed by atoms with E-state index in [1.165, 1.54) is 51.4 Å². The van der Waals surface area contributed by atoms with Crippen molar-refractivity contribution in [1.82, 2.24) is 14.5 Å². The molecule has 9 atom stereocenters. The van der Waals surface area contributed by atoms with E-state index in [1.807, 2.05) is 28.8 Å². The number of imidazole rings is 1. The number of anilines is 1. The lowest BCUT2D eigenvalue weighted by molar-refractivity contribution is -0.0657. The van der Waals surface area contributed by atoms with Gasteiger partial charge in [-0.25, -0.2) is 14.5 Å². The van der Waals surface area contributed by atoms with Crippen molar-refractivity contribution in [2.45, 2.75) is 118 Å². The molecule has 3 saturated carbocycles. The topological polar surface area (TPSA) is 122 Å². The molecule has 1 unspecified atom stereocenters. The second-order valence-electron chi connectivity index (χ2n) is 17.3. The minimum atomic E-state index is -4.25. The zero-order valence-electron chi connectivity index (χ0n) is 31.6. The van der Waals surface area contributed by atoms with Gasteiger partial charge in [0.1, 0.15) is 5.52 Å². The molecule has 3 fully saturated rings. The molecule has 4 aliphatic carbocycles. The SMILES string of the molecule is CC(C)CCC[C@@H](C)[C@H]1CC[C@H]2[C@@H]3CC=C4C[C@@H](OCCOP(=O)(O)OCCn5cnc6c(N)nc7ccccc7c65)CC[C@]4(C)[C@H]3CC[C@]12C. The average molecular weight is 721 g/mol. The van der Waals surface area contributed by atoms with Crippen molar-refractivity contribution in [3.05, 3.63) is 42.2 Å². The lowest BCUT2D eigenvalue weighted by Crippen LogP contribution is -2.51. The second-order valence-corrected chi connectivity index (χ2v) is 18.8. The Hall–Kier alpha value is -2.29. The van der Waals surface area contributed by atoms with E-state index in [1.54, 1.807) is 11.9 Å². The van der Waals surface area contributed by atoms with E-state index >= 15 is 0 Å². The molecule has 3 N–H and O–H groups in total. The van der Waals surface area contributed by atoms with Crippen LogP contribution in [0.25, 0.3) is 21.9 Å². The average Bonchev–Trinajstić information content (AvgIpc) is 3.68. The highest BCUT2D eigenvalue weighted by Gasteiger charge is 2.59. The van der Waals surface area contributed by atoms with Crippen molar-refractivity contribution in [3.8, 4) is 0 Å². The molecule has 0 spiro atoms. The minimum Gasteiger partial charge on any atom is -0.382 e. The third kappa shape index (κ3) is 7.32. The van der Waals surface area contributed by atoms with E-state index in [0.29, 0.717) is 23.3 Å². The number of ether oxygens (including phenoxy) is 1. The van der Waals surface area contributed by atoms with E-state index in [-0.39, 0.29) is 31.3 Å². The van der Waals surface area contributed by atoms with Gasteiger partial charge in [-0.15, -0.1) is 0 Å². The first-order chi connectivity index (χ1) is 24.4. The normalized spacial score (nSPS) is 32.4.